The van der Waals surface area contributed by atoms with Crippen molar-refractivity contribution in [3.05, 3.63) is 83.7 Å². The highest BCUT2D eigenvalue weighted by Crippen LogP contribution is 2.29. The molecule has 0 spiro atoms. The number of nitrogens with zero attached hydrogens (tertiary/aromatic N) is 4. The number of carboxylic acid groups (broad SMARTS) is 1. The third kappa shape index (κ3) is 12.1. The Morgan fingerprint density at radius 3 is 2.11 bits per heavy atom. The summed E-state index contributed by atoms with van der Waals surface area (Å²) in [5.41, 5.74) is 7.26. The first-order valence-electron chi connectivity index (χ1n) is 16.8. The number of alkyl halides is 3. The molecule has 19 heteroatoms. The Morgan fingerprint density at radius 1 is 0.981 bits per heavy atom. The molecule has 1 saturated heterocycles. The summed E-state index contributed by atoms with van der Waals surface area (Å²) in [5, 5.41) is 23.9. The zero-order valence-electron chi connectivity index (χ0n) is 29.9. The van der Waals surface area contributed by atoms with Crippen molar-refractivity contribution in [1.82, 2.24) is 35.8 Å². The van der Waals surface area contributed by atoms with E-state index in [1.807, 2.05) is 30.3 Å². The van der Waals surface area contributed by atoms with E-state index < -0.39 is 66.0 Å². The van der Waals surface area contributed by atoms with Crippen molar-refractivity contribution in [3.8, 4) is 0 Å². The molecule has 2 aromatic carbocycles. The number of carbonyl (C=O) groups is 6. The number of aromatic nitrogens is 3. The van der Waals surface area contributed by atoms with Gasteiger partial charge in [-0.25, -0.2) is 14.3 Å². The fourth-order valence-corrected chi connectivity index (χ4v) is 5.29. The summed E-state index contributed by atoms with van der Waals surface area (Å²) in [6, 6.07) is 13.7. The van der Waals surface area contributed by atoms with E-state index in [2.05, 4.69) is 26.3 Å². The third-order valence-corrected chi connectivity index (χ3v) is 8.40. The molecule has 1 aromatic heterocycles. The molecule has 54 heavy (non-hydrogen) atoms. The molecule has 0 aliphatic carbocycles. The summed E-state index contributed by atoms with van der Waals surface area (Å²) < 4.78 is 38.6. The maximum atomic E-state index is 14.1. The molecule has 1 aliphatic rings. The molecule has 1 fully saturated rings. The van der Waals surface area contributed by atoms with Crippen LogP contribution >= 0.6 is 0 Å². The number of amides is 4. The number of ether oxygens (including phenoxy) is 1. The summed E-state index contributed by atoms with van der Waals surface area (Å²) >= 11 is 0. The number of rotatable bonds is 14. The Kier molecular flexibility index (Phi) is 15.2. The quantitative estimate of drug-likeness (QED) is 0.148. The second-order valence-electron chi connectivity index (χ2n) is 12.7. The van der Waals surface area contributed by atoms with E-state index in [0.717, 1.165) is 5.56 Å². The van der Waals surface area contributed by atoms with Crippen molar-refractivity contribution in [2.24, 2.45) is 11.7 Å². The number of primary amides is 1. The Balaban J connectivity index is 0.00000102. The van der Waals surface area contributed by atoms with E-state index in [4.69, 9.17) is 20.4 Å². The lowest BCUT2D eigenvalue weighted by atomic mass is 10.0. The lowest BCUT2D eigenvalue weighted by molar-refractivity contribution is -0.192. The second kappa shape index (κ2) is 19.3. The second-order valence-corrected chi connectivity index (χ2v) is 12.7. The first kappa shape index (κ1) is 42.6. The van der Waals surface area contributed by atoms with Crippen LogP contribution in [0.5, 0.6) is 0 Å². The maximum absolute atomic E-state index is 14.1. The number of likely N-dealkylation sites (tertiary alicyclic amines) is 1. The van der Waals surface area contributed by atoms with Gasteiger partial charge >= 0.3 is 18.1 Å². The number of carboxylic acids is 1. The smallest absolute Gasteiger partial charge is 0.475 e. The van der Waals surface area contributed by atoms with Gasteiger partial charge in [0, 0.05) is 19.4 Å². The number of hydrogen-bond donors (Lipinski definition) is 5. The molecule has 0 unspecified atom stereocenters. The molecule has 3 aromatic rings. The van der Waals surface area contributed by atoms with Gasteiger partial charge in [-0.2, -0.15) is 13.2 Å². The number of carbonyl (C=O) groups excluding carboxylic acids is 5. The Morgan fingerprint density at radius 2 is 1.57 bits per heavy atom. The van der Waals surface area contributed by atoms with Gasteiger partial charge in [-0.15, -0.1) is 5.10 Å². The van der Waals surface area contributed by atoms with Gasteiger partial charge in [0.25, 0.3) is 0 Å². The minimum atomic E-state index is -5.08. The molecule has 0 bridgehead atoms. The third-order valence-electron chi connectivity index (χ3n) is 8.40. The minimum absolute atomic E-state index is 0.0735. The van der Waals surface area contributed by atoms with Gasteiger partial charge in [0.2, 0.25) is 23.6 Å². The fraction of sp³-hybridized carbons (Fsp3) is 0.429. The maximum Gasteiger partial charge on any atom is 0.490 e. The SMILES string of the molecule is CN[C@@H](C)C(=O)N[C@H](C(=O)N1C[C@H](n2cc(COC(=O)c3ccccc3)nn2)C[C@H]1C(=O)N[C@@H](Cc1ccccc1)C(N)=O)C(C)C.O=C(O)C(F)(F)F. The monoisotopic (exact) mass is 760 g/mol. The molecule has 4 rings (SSSR count). The van der Waals surface area contributed by atoms with Crippen LogP contribution in [-0.2, 0) is 41.7 Å². The Labute approximate surface area is 308 Å². The van der Waals surface area contributed by atoms with Crippen molar-refractivity contribution in [2.75, 3.05) is 13.6 Å². The molecule has 4 amide bonds. The Hall–Kier alpha value is -5.85. The molecule has 16 nitrogen and oxygen atoms in total. The average molecular weight is 761 g/mol. The highest BCUT2D eigenvalue weighted by Gasteiger charge is 2.44. The number of nitrogens with two attached hydrogens (primary N) is 1. The number of aliphatic carboxylic acids is 1. The summed E-state index contributed by atoms with van der Waals surface area (Å²) in [4.78, 5) is 75.7. The molecular weight excluding hydrogens is 717 g/mol. The summed E-state index contributed by atoms with van der Waals surface area (Å²) in [5.74, 6) is -5.65. The lowest BCUT2D eigenvalue weighted by Gasteiger charge is -2.31. The Bertz CT molecular complexity index is 1760. The predicted octanol–water partition coefficient (Wildman–Crippen LogP) is 1.37. The molecule has 1 aliphatic heterocycles. The number of esters is 1. The zero-order chi connectivity index (χ0) is 40.2. The molecule has 6 N–H and O–H groups in total. The average Bonchev–Trinajstić information content (AvgIpc) is 3.80. The van der Waals surface area contributed by atoms with Gasteiger partial charge < -0.3 is 36.4 Å². The first-order chi connectivity index (χ1) is 25.4. The van der Waals surface area contributed by atoms with Gasteiger partial charge in [-0.1, -0.05) is 67.6 Å². The van der Waals surface area contributed by atoms with Crippen molar-refractivity contribution >= 4 is 35.6 Å². The van der Waals surface area contributed by atoms with E-state index in [9.17, 15) is 37.1 Å². The van der Waals surface area contributed by atoms with Crippen LogP contribution in [0.4, 0.5) is 13.2 Å². The minimum Gasteiger partial charge on any atom is -0.475 e. The highest BCUT2D eigenvalue weighted by molar-refractivity contribution is 5.95. The predicted molar refractivity (Wildman–Crippen MR) is 185 cm³/mol. The number of likely N-dealkylation sites (N-methyl/N-ethyl adjacent to an activating group) is 1. The van der Waals surface area contributed by atoms with E-state index in [-0.39, 0.29) is 37.8 Å². The summed E-state index contributed by atoms with van der Waals surface area (Å²) in [6.45, 7) is 5.23. The van der Waals surface area contributed by atoms with Crippen LogP contribution < -0.4 is 21.7 Å². The number of benzene rings is 2. The van der Waals surface area contributed by atoms with Crippen LogP contribution in [0, 0.1) is 5.92 Å². The lowest BCUT2D eigenvalue weighted by Crippen LogP contribution is -2.58. The molecule has 2 heterocycles. The van der Waals surface area contributed by atoms with Gasteiger partial charge in [0.15, 0.2) is 0 Å². The van der Waals surface area contributed by atoms with Gasteiger partial charge in [0.1, 0.15) is 30.4 Å². The van der Waals surface area contributed by atoms with Crippen molar-refractivity contribution < 1.29 is 51.8 Å². The van der Waals surface area contributed by atoms with Crippen LogP contribution in [0.15, 0.2) is 66.9 Å². The summed E-state index contributed by atoms with van der Waals surface area (Å²) in [6.07, 6.45) is -3.16. The molecule has 0 saturated carbocycles. The highest BCUT2D eigenvalue weighted by atomic mass is 19.4. The zero-order valence-corrected chi connectivity index (χ0v) is 29.9. The van der Waals surface area contributed by atoms with Crippen LogP contribution in [0.1, 0.15) is 54.8 Å². The van der Waals surface area contributed by atoms with Crippen LogP contribution in [0.3, 0.4) is 0 Å². The van der Waals surface area contributed by atoms with Crippen molar-refractivity contribution in [3.63, 3.8) is 0 Å². The van der Waals surface area contributed by atoms with E-state index in [1.54, 1.807) is 64.3 Å². The molecule has 5 atom stereocenters. The number of halogens is 3. The van der Waals surface area contributed by atoms with Crippen molar-refractivity contribution in [1.29, 1.82) is 0 Å². The first-order valence-corrected chi connectivity index (χ1v) is 16.8. The van der Waals surface area contributed by atoms with Crippen LogP contribution in [0.2, 0.25) is 0 Å². The molecular formula is C35H43F3N8O8. The van der Waals surface area contributed by atoms with Crippen LogP contribution in [-0.4, -0.2) is 105 Å². The van der Waals surface area contributed by atoms with Crippen LogP contribution in [0.25, 0.3) is 0 Å². The number of hydrogen-bond acceptors (Lipinski definition) is 10. The van der Waals surface area contributed by atoms with E-state index in [0.29, 0.717) is 11.3 Å². The van der Waals surface area contributed by atoms with Gasteiger partial charge in [-0.3, -0.25) is 19.2 Å². The van der Waals surface area contributed by atoms with E-state index >= 15 is 0 Å². The molecule has 292 valence electrons. The van der Waals surface area contributed by atoms with Gasteiger partial charge in [-0.05, 0) is 37.6 Å². The standard InChI is InChI=1S/C33H42N8O6.C2HF3O2/c1-20(2)28(37-30(43)21(3)35-4)32(45)40-18-25(41-17-24(38-39-41)19-47-33(46)23-13-9-6-10-14-23)16-27(40)31(44)36-26(29(34)42)15-22-11-7-5-8-12-22;3-2(4,5)1(6)7/h5-14,17,20-21,25-28,35H,15-16,18-19H2,1-4H3,(H2,34,42)(H,36,44)(H,37,43);(H,6,7)/t21-,25+,26-,27-,28-;/m0./s1. The van der Waals surface area contributed by atoms with Gasteiger partial charge in [0.05, 0.1) is 23.8 Å². The largest absolute Gasteiger partial charge is 0.490 e. The fourth-order valence-electron chi connectivity index (χ4n) is 5.29. The van der Waals surface area contributed by atoms with E-state index in [1.165, 1.54) is 9.58 Å². The van der Waals surface area contributed by atoms with Crippen molar-refractivity contribution in [2.45, 2.75) is 76.6 Å². The summed E-state index contributed by atoms with van der Waals surface area (Å²) in [7, 11) is 1.64. The number of nitrogens with one attached hydrogen (secondary N) is 3. The molecule has 0 radical (unpaired) electrons. The topological polar surface area (TPSA) is 228 Å². The normalized spacial score (nSPS) is 17.0.